The maximum atomic E-state index is 2.28. The van der Waals surface area contributed by atoms with Gasteiger partial charge >= 0.3 is 0 Å². The summed E-state index contributed by atoms with van der Waals surface area (Å²) in [5, 5.41) is 0. The lowest BCUT2D eigenvalue weighted by atomic mass is 10.1. The Morgan fingerprint density at radius 3 is 2.08 bits per heavy atom. The molecule has 1 saturated carbocycles. The summed E-state index contributed by atoms with van der Waals surface area (Å²) in [7, 11) is 0. The highest BCUT2D eigenvalue weighted by Gasteiger charge is 2.12. The Morgan fingerprint density at radius 1 is 1.33 bits per heavy atom. The second-order valence-corrected chi connectivity index (χ2v) is 3.90. The number of rotatable bonds is 3. The van der Waals surface area contributed by atoms with E-state index in [4.69, 9.17) is 0 Å². The van der Waals surface area contributed by atoms with E-state index in [1.807, 2.05) is 0 Å². The highest BCUT2D eigenvalue weighted by Crippen LogP contribution is 2.26. The molecule has 0 saturated heterocycles. The van der Waals surface area contributed by atoms with Crippen molar-refractivity contribution in [1.29, 1.82) is 0 Å². The number of hydrogen-bond acceptors (Lipinski definition) is 0. The van der Waals surface area contributed by atoms with Crippen molar-refractivity contribution >= 4 is 0 Å². The standard InChI is InChI=1S/C8H16.C4H8/c1-4-6-7-8(3)5-2;1-4-2-3-4/h6-8H,4-5H2,1-3H3;4H,2-3H2,1H3/b7-6+;. The average Bonchev–Trinajstić information content (AvgIpc) is 2.84. The van der Waals surface area contributed by atoms with Crippen molar-refractivity contribution in [3.63, 3.8) is 0 Å². The van der Waals surface area contributed by atoms with Crippen LogP contribution in [0, 0.1) is 11.8 Å². The zero-order valence-electron chi connectivity index (χ0n) is 9.14. The molecule has 12 heavy (non-hydrogen) atoms. The van der Waals surface area contributed by atoms with Crippen LogP contribution in [-0.2, 0) is 0 Å². The smallest absolute Gasteiger partial charge is 0.0265 e. The minimum atomic E-state index is 0.773. The topological polar surface area (TPSA) is 0 Å². The summed E-state index contributed by atoms with van der Waals surface area (Å²) in [5.41, 5.74) is 0. The molecule has 0 heterocycles. The second kappa shape index (κ2) is 7.39. The molecule has 1 aliphatic carbocycles. The summed E-state index contributed by atoms with van der Waals surface area (Å²) in [4.78, 5) is 0. The third-order valence-corrected chi connectivity index (χ3v) is 2.21. The molecule has 0 aromatic rings. The molecule has 0 heteroatoms. The van der Waals surface area contributed by atoms with Crippen LogP contribution in [0.15, 0.2) is 12.2 Å². The van der Waals surface area contributed by atoms with E-state index in [1.54, 1.807) is 0 Å². The van der Waals surface area contributed by atoms with Crippen LogP contribution >= 0.6 is 0 Å². The summed E-state index contributed by atoms with van der Waals surface area (Å²) >= 11 is 0. The van der Waals surface area contributed by atoms with Gasteiger partial charge in [-0.1, -0.05) is 59.1 Å². The molecule has 0 aliphatic heterocycles. The monoisotopic (exact) mass is 168 g/mol. The first-order chi connectivity index (χ1) is 5.70. The van der Waals surface area contributed by atoms with Crippen molar-refractivity contribution in [1.82, 2.24) is 0 Å². The third kappa shape index (κ3) is 9.74. The lowest BCUT2D eigenvalue weighted by Crippen LogP contribution is -1.82. The van der Waals surface area contributed by atoms with E-state index in [-0.39, 0.29) is 0 Å². The van der Waals surface area contributed by atoms with E-state index in [1.165, 1.54) is 25.7 Å². The zero-order valence-corrected chi connectivity index (χ0v) is 9.14. The molecular formula is C12H24. The van der Waals surface area contributed by atoms with Gasteiger partial charge in [-0.2, -0.15) is 0 Å². The molecule has 0 aromatic carbocycles. The van der Waals surface area contributed by atoms with Gasteiger partial charge in [0.15, 0.2) is 0 Å². The SMILES string of the molecule is CC/C=C/C(C)CC.CC1CC1. The fourth-order valence-corrected chi connectivity index (χ4v) is 0.671. The fraction of sp³-hybridized carbons (Fsp3) is 0.833. The van der Waals surface area contributed by atoms with Gasteiger partial charge in [0.25, 0.3) is 0 Å². The van der Waals surface area contributed by atoms with Gasteiger partial charge in [-0.05, 0) is 18.3 Å². The van der Waals surface area contributed by atoms with Crippen molar-refractivity contribution in [2.75, 3.05) is 0 Å². The molecule has 0 amide bonds. The van der Waals surface area contributed by atoms with E-state index in [9.17, 15) is 0 Å². The van der Waals surface area contributed by atoms with Gasteiger partial charge in [0.2, 0.25) is 0 Å². The average molecular weight is 168 g/mol. The summed E-state index contributed by atoms with van der Waals surface area (Å²) in [6, 6.07) is 0. The lowest BCUT2D eigenvalue weighted by Gasteiger charge is -1.96. The highest BCUT2D eigenvalue weighted by atomic mass is 14.2. The first-order valence-electron chi connectivity index (χ1n) is 5.37. The van der Waals surface area contributed by atoms with Crippen molar-refractivity contribution in [2.45, 2.75) is 53.4 Å². The molecule has 1 rings (SSSR count). The maximum absolute atomic E-state index is 2.28. The predicted octanol–water partition coefficient (Wildman–Crippen LogP) is 4.42. The van der Waals surface area contributed by atoms with Gasteiger partial charge in [0, 0.05) is 0 Å². The first kappa shape index (κ1) is 11.7. The summed E-state index contributed by atoms with van der Waals surface area (Å²) in [5.74, 6) is 1.86. The Balaban J connectivity index is 0.000000247. The summed E-state index contributed by atoms with van der Waals surface area (Å²) < 4.78 is 0. The van der Waals surface area contributed by atoms with E-state index >= 15 is 0 Å². The molecular weight excluding hydrogens is 144 g/mol. The molecule has 1 aliphatic rings. The largest absolute Gasteiger partial charge is 0.0885 e. The molecule has 0 bridgehead atoms. The molecule has 0 aromatic heterocycles. The van der Waals surface area contributed by atoms with Gasteiger partial charge in [-0.25, -0.2) is 0 Å². The molecule has 0 N–H and O–H groups in total. The molecule has 0 spiro atoms. The quantitative estimate of drug-likeness (QED) is 0.547. The van der Waals surface area contributed by atoms with E-state index < -0.39 is 0 Å². The minimum Gasteiger partial charge on any atom is -0.0885 e. The van der Waals surface area contributed by atoms with Crippen LogP contribution in [0.4, 0.5) is 0 Å². The highest BCUT2D eigenvalue weighted by molar-refractivity contribution is 4.84. The van der Waals surface area contributed by atoms with Crippen LogP contribution in [-0.4, -0.2) is 0 Å². The number of allylic oxidation sites excluding steroid dienone is 2. The Hall–Kier alpha value is -0.260. The van der Waals surface area contributed by atoms with Crippen LogP contribution in [0.5, 0.6) is 0 Å². The van der Waals surface area contributed by atoms with Crippen LogP contribution in [0.2, 0.25) is 0 Å². The van der Waals surface area contributed by atoms with Crippen LogP contribution in [0.25, 0.3) is 0 Å². The van der Waals surface area contributed by atoms with Crippen molar-refractivity contribution in [2.24, 2.45) is 11.8 Å². The van der Waals surface area contributed by atoms with E-state index in [0.717, 1.165) is 11.8 Å². The molecule has 0 radical (unpaired) electrons. The Labute approximate surface area is 78.1 Å². The minimum absolute atomic E-state index is 0.773. The van der Waals surface area contributed by atoms with E-state index in [2.05, 4.69) is 39.8 Å². The Bertz CT molecular complexity index is 109. The predicted molar refractivity (Wildman–Crippen MR) is 57.3 cm³/mol. The third-order valence-electron chi connectivity index (χ3n) is 2.21. The van der Waals surface area contributed by atoms with E-state index in [0.29, 0.717) is 0 Å². The van der Waals surface area contributed by atoms with Gasteiger partial charge in [-0.3, -0.25) is 0 Å². The lowest BCUT2D eigenvalue weighted by molar-refractivity contribution is 0.695. The van der Waals surface area contributed by atoms with Gasteiger partial charge in [0.05, 0.1) is 0 Å². The maximum Gasteiger partial charge on any atom is -0.0265 e. The van der Waals surface area contributed by atoms with Crippen LogP contribution in [0.3, 0.4) is 0 Å². The molecule has 1 unspecified atom stereocenters. The normalized spacial score (nSPS) is 18.7. The Morgan fingerprint density at radius 2 is 1.83 bits per heavy atom. The van der Waals surface area contributed by atoms with Gasteiger partial charge < -0.3 is 0 Å². The molecule has 1 atom stereocenters. The van der Waals surface area contributed by atoms with Gasteiger partial charge in [-0.15, -0.1) is 0 Å². The van der Waals surface area contributed by atoms with Gasteiger partial charge in [0.1, 0.15) is 0 Å². The van der Waals surface area contributed by atoms with Crippen molar-refractivity contribution in [3.8, 4) is 0 Å². The summed E-state index contributed by atoms with van der Waals surface area (Å²) in [6.45, 7) is 8.90. The van der Waals surface area contributed by atoms with Crippen molar-refractivity contribution in [3.05, 3.63) is 12.2 Å². The summed E-state index contributed by atoms with van der Waals surface area (Å²) in [6.07, 6.45) is 9.91. The Kier molecular flexibility index (Phi) is 7.23. The van der Waals surface area contributed by atoms with Crippen LogP contribution in [0.1, 0.15) is 53.4 Å². The van der Waals surface area contributed by atoms with Crippen molar-refractivity contribution < 1.29 is 0 Å². The number of hydrogen-bond donors (Lipinski definition) is 0. The molecule has 1 fully saturated rings. The fourth-order valence-electron chi connectivity index (χ4n) is 0.671. The molecule has 72 valence electrons. The first-order valence-corrected chi connectivity index (χ1v) is 5.37. The zero-order chi connectivity index (χ0) is 9.40. The molecule has 0 nitrogen and oxygen atoms in total. The second-order valence-electron chi connectivity index (χ2n) is 3.90. The van der Waals surface area contributed by atoms with Crippen LogP contribution < -0.4 is 0 Å².